The van der Waals surface area contributed by atoms with Crippen LogP contribution in [0.5, 0.6) is 0 Å². The van der Waals surface area contributed by atoms with Crippen LogP contribution in [0.15, 0.2) is 48.7 Å². The standard InChI is InChI=1S/C12H13N/c1-2-6-11-7-3-4-8-12(11)10-13-9-5-1/h1-5,7-9,13H,6,10H2/b2-1-,9-5-. The monoisotopic (exact) mass is 171 g/mol. The van der Waals surface area contributed by atoms with Crippen molar-refractivity contribution in [2.45, 2.75) is 13.0 Å². The first-order chi connectivity index (χ1) is 6.47. The molecule has 1 aliphatic heterocycles. The predicted molar refractivity (Wildman–Crippen MR) is 55.3 cm³/mol. The highest BCUT2D eigenvalue weighted by molar-refractivity contribution is 5.30. The van der Waals surface area contributed by atoms with Crippen molar-refractivity contribution >= 4 is 0 Å². The fraction of sp³-hybridized carbons (Fsp3) is 0.167. The van der Waals surface area contributed by atoms with Crippen LogP contribution in [0.25, 0.3) is 0 Å². The summed E-state index contributed by atoms with van der Waals surface area (Å²) in [7, 11) is 0. The summed E-state index contributed by atoms with van der Waals surface area (Å²) in [5.41, 5.74) is 2.80. The summed E-state index contributed by atoms with van der Waals surface area (Å²) in [4.78, 5) is 0. The molecule has 0 bridgehead atoms. The van der Waals surface area contributed by atoms with Crippen LogP contribution in [-0.4, -0.2) is 0 Å². The maximum absolute atomic E-state index is 3.25. The number of hydrogen-bond donors (Lipinski definition) is 1. The number of benzene rings is 1. The molecular weight excluding hydrogens is 158 g/mol. The van der Waals surface area contributed by atoms with Crippen LogP contribution in [0.3, 0.4) is 0 Å². The SMILES string of the molecule is C1=C\Cc2ccccc2CN\C=C/1. The molecule has 0 spiro atoms. The molecule has 0 saturated heterocycles. The maximum Gasteiger partial charge on any atom is 0.0398 e. The Morgan fingerprint density at radius 2 is 1.85 bits per heavy atom. The van der Waals surface area contributed by atoms with E-state index in [1.165, 1.54) is 11.1 Å². The summed E-state index contributed by atoms with van der Waals surface area (Å²) < 4.78 is 0. The van der Waals surface area contributed by atoms with E-state index in [4.69, 9.17) is 0 Å². The molecule has 0 aromatic heterocycles. The van der Waals surface area contributed by atoms with Crippen LogP contribution in [0, 0.1) is 0 Å². The Hall–Kier alpha value is -1.50. The van der Waals surface area contributed by atoms with Gasteiger partial charge in [0.1, 0.15) is 0 Å². The fourth-order valence-corrected chi connectivity index (χ4v) is 1.50. The molecule has 0 amide bonds. The number of allylic oxidation sites excluding steroid dienone is 3. The van der Waals surface area contributed by atoms with Gasteiger partial charge in [0, 0.05) is 6.54 Å². The lowest BCUT2D eigenvalue weighted by Crippen LogP contribution is -2.05. The smallest absolute Gasteiger partial charge is 0.0398 e. The molecule has 66 valence electrons. The normalized spacial score (nSPS) is 20.0. The number of fused-ring (bicyclic) bond motifs is 1. The average molecular weight is 171 g/mol. The van der Waals surface area contributed by atoms with Gasteiger partial charge in [0.15, 0.2) is 0 Å². The van der Waals surface area contributed by atoms with E-state index < -0.39 is 0 Å². The molecule has 1 aromatic rings. The molecule has 1 aliphatic rings. The highest BCUT2D eigenvalue weighted by Gasteiger charge is 1.98. The minimum atomic E-state index is 0.925. The van der Waals surface area contributed by atoms with E-state index in [9.17, 15) is 0 Å². The number of nitrogens with one attached hydrogen (secondary N) is 1. The summed E-state index contributed by atoms with van der Waals surface area (Å²) >= 11 is 0. The van der Waals surface area contributed by atoms with E-state index in [1.54, 1.807) is 0 Å². The minimum Gasteiger partial charge on any atom is -0.387 e. The summed E-state index contributed by atoms with van der Waals surface area (Å²) in [5, 5.41) is 3.25. The van der Waals surface area contributed by atoms with Crippen molar-refractivity contribution in [2.24, 2.45) is 0 Å². The van der Waals surface area contributed by atoms with E-state index >= 15 is 0 Å². The number of hydrogen-bond acceptors (Lipinski definition) is 1. The van der Waals surface area contributed by atoms with Crippen LogP contribution in [0.4, 0.5) is 0 Å². The fourth-order valence-electron chi connectivity index (χ4n) is 1.50. The van der Waals surface area contributed by atoms with Gasteiger partial charge in [0.25, 0.3) is 0 Å². The first-order valence-electron chi connectivity index (χ1n) is 4.58. The topological polar surface area (TPSA) is 12.0 Å². The van der Waals surface area contributed by atoms with E-state index in [1.807, 2.05) is 12.3 Å². The highest BCUT2D eigenvalue weighted by Crippen LogP contribution is 2.10. The zero-order valence-electron chi connectivity index (χ0n) is 7.53. The van der Waals surface area contributed by atoms with Gasteiger partial charge in [0.05, 0.1) is 0 Å². The van der Waals surface area contributed by atoms with Crippen molar-refractivity contribution in [1.29, 1.82) is 0 Å². The second kappa shape index (κ2) is 3.94. The van der Waals surface area contributed by atoms with Gasteiger partial charge in [-0.2, -0.15) is 0 Å². The Kier molecular flexibility index (Phi) is 2.46. The van der Waals surface area contributed by atoms with E-state index in [2.05, 4.69) is 41.7 Å². The quantitative estimate of drug-likeness (QED) is 0.632. The first-order valence-corrected chi connectivity index (χ1v) is 4.58. The molecule has 0 aliphatic carbocycles. The molecule has 1 heterocycles. The average Bonchev–Trinajstić information content (AvgIpc) is 2.28. The van der Waals surface area contributed by atoms with Crippen molar-refractivity contribution in [1.82, 2.24) is 5.32 Å². The minimum absolute atomic E-state index is 0.925. The maximum atomic E-state index is 3.25. The van der Waals surface area contributed by atoms with Crippen molar-refractivity contribution < 1.29 is 0 Å². The molecular formula is C12H13N. The molecule has 0 saturated carbocycles. The van der Waals surface area contributed by atoms with Crippen molar-refractivity contribution in [2.75, 3.05) is 0 Å². The van der Waals surface area contributed by atoms with Gasteiger partial charge in [0.2, 0.25) is 0 Å². The van der Waals surface area contributed by atoms with Crippen molar-refractivity contribution in [3.63, 3.8) is 0 Å². The van der Waals surface area contributed by atoms with Gasteiger partial charge in [-0.15, -0.1) is 0 Å². The van der Waals surface area contributed by atoms with E-state index in [0.29, 0.717) is 0 Å². The van der Waals surface area contributed by atoms with Crippen LogP contribution in [0.2, 0.25) is 0 Å². The summed E-state index contributed by atoms with van der Waals surface area (Å²) in [6.07, 6.45) is 9.31. The van der Waals surface area contributed by atoms with E-state index in [0.717, 1.165) is 13.0 Å². The first kappa shape index (κ1) is 8.11. The molecule has 0 radical (unpaired) electrons. The zero-order chi connectivity index (χ0) is 8.93. The lowest BCUT2D eigenvalue weighted by Gasteiger charge is -2.06. The van der Waals surface area contributed by atoms with E-state index in [-0.39, 0.29) is 0 Å². The second-order valence-corrected chi connectivity index (χ2v) is 3.14. The Labute approximate surface area is 78.8 Å². The second-order valence-electron chi connectivity index (χ2n) is 3.14. The molecule has 1 heteroatoms. The van der Waals surface area contributed by atoms with Gasteiger partial charge in [-0.25, -0.2) is 0 Å². The third-order valence-corrected chi connectivity index (χ3v) is 2.21. The Morgan fingerprint density at radius 1 is 1.00 bits per heavy atom. The lowest BCUT2D eigenvalue weighted by atomic mass is 10.0. The molecule has 1 aromatic carbocycles. The summed E-state index contributed by atoms with van der Waals surface area (Å²) in [6.45, 7) is 0.925. The van der Waals surface area contributed by atoms with Gasteiger partial charge >= 0.3 is 0 Å². The Bertz CT molecular complexity index is 337. The van der Waals surface area contributed by atoms with Gasteiger partial charge in [-0.3, -0.25) is 0 Å². The van der Waals surface area contributed by atoms with Crippen molar-refractivity contribution in [3.05, 3.63) is 59.8 Å². The van der Waals surface area contributed by atoms with Crippen molar-refractivity contribution in [3.8, 4) is 0 Å². The predicted octanol–water partition coefficient (Wildman–Crippen LogP) is 2.40. The van der Waals surface area contributed by atoms with Crippen LogP contribution >= 0.6 is 0 Å². The van der Waals surface area contributed by atoms with Gasteiger partial charge in [-0.05, 0) is 29.8 Å². The third kappa shape index (κ3) is 2.00. The molecule has 0 atom stereocenters. The lowest BCUT2D eigenvalue weighted by molar-refractivity contribution is 0.860. The number of rotatable bonds is 0. The molecule has 13 heavy (non-hydrogen) atoms. The zero-order valence-corrected chi connectivity index (χ0v) is 7.53. The van der Waals surface area contributed by atoms with Gasteiger partial charge < -0.3 is 5.32 Å². The van der Waals surface area contributed by atoms with Crippen LogP contribution in [-0.2, 0) is 13.0 Å². The van der Waals surface area contributed by atoms with Gasteiger partial charge in [-0.1, -0.05) is 36.4 Å². The highest BCUT2D eigenvalue weighted by atomic mass is 14.8. The molecule has 0 fully saturated rings. The summed E-state index contributed by atoms with van der Waals surface area (Å²) in [6, 6.07) is 8.55. The Balaban J connectivity index is 2.31. The molecule has 2 rings (SSSR count). The summed E-state index contributed by atoms with van der Waals surface area (Å²) in [5.74, 6) is 0. The molecule has 1 nitrogen and oxygen atoms in total. The Morgan fingerprint density at radius 3 is 2.77 bits per heavy atom. The molecule has 1 N–H and O–H groups in total. The largest absolute Gasteiger partial charge is 0.387 e. The third-order valence-electron chi connectivity index (χ3n) is 2.21. The van der Waals surface area contributed by atoms with Crippen LogP contribution < -0.4 is 5.32 Å². The molecule has 0 unspecified atom stereocenters. The van der Waals surface area contributed by atoms with Crippen LogP contribution in [0.1, 0.15) is 11.1 Å².